The van der Waals surface area contributed by atoms with E-state index in [1.54, 1.807) is 11.3 Å². The van der Waals surface area contributed by atoms with Gasteiger partial charge in [0.1, 0.15) is 0 Å². The second kappa shape index (κ2) is 7.95. The lowest BCUT2D eigenvalue weighted by atomic mass is 9.99. The molecule has 4 nitrogen and oxygen atoms in total. The van der Waals surface area contributed by atoms with Crippen molar-refractivity contribution in [2.45, 2.75) is 25.2 Å². The van der Waals surface area contributed by atoms with E-state index >= 15 is 0 Å². The molecule has 0 aliphatic heterocycles. The van der Waals surface area contributed by atoms with E-state index in [1.807, 2.05) is 35.0 Å². The molecule has 2 N–H and O–H groups in total. The van der Waals surface area contributed by atoms with Gasteiger partial charge in [0.2, 0.25) is 5.91 Å². The highest BCUT2D eigenvalue weighted by molar-refractivity contribution is 7.10. The van der Waals surface area contributed by atoms with E-state index in [0.29, 0.717) is 6.54 Å². The maximum Gasteiger partial charge on any atom is 0.304 e. The minimum Gasteiger partial charge on any atom is -0.481 e. The van der Waals surface area contributed by atoms with Gasteiger partial charge in [0.05, 0.1) is 6.42 Å². The summed E-state index contributed by atoms with van der Waals surface area (Å²) >= 11 is 3.16. The fraction of sp³-hybridized carbons (Fsp3) is 0.333. The summed E-state index contributed by atoms with van der Waals surface area (Å²) in [4.78, 5) is 25.1. The van der Waals surface area contributed by atoms with Crippen molar-refractivity contribution in [1.29, 1.82) is 0 Å². The Morgan fingerprint density at radius 1 is 1.14 bits per heavy atom. The van der Waals surface area contributed by atoms with Crippen LogP contribution < -0.4 is 5.32 Å². The Morgan fingerprint density at radius 3 is 2.52 bits per heavy atom. The third-order valence-corrected chi connectivity index (χ3v) is 5.04. The van der Waals surface area contributed by atoms with Gasteiger partial charge in [0, 0.05) is 28.6 Å². The topological polar surface area (TPSA) is 66.4 Å². The number of carboxylic acid groups (broad SMARTS) is 1. The predicted octanol–water partition coefficient (Wildman–Crippen LogP) is 3.12. The minimum absolute atomic E-state index is 0.0150. The number of nitrogens with one attached hydrogen (secondary N) is 1. The number of carboxylic acids is 1. The fourth-order valence-corrected chi connectivity index (χ4v) is 3.62. The lowest BCUT2D eigenvalue weighted by Crippen LogP contribution is -2.27. The van der Waals surface area contributed by atoms with E-state index in [1.165, 1.54) is 16.2 Å². The van der Waals surface area contributed by atoms with E-state index in [-0.39, 0.29) is 24.7 Å². The molecule has 1 atom stereocenters. The molecular formula is C15H17NO3S2. The van der Waals surface area contributed by atoms with Gasteiger partial charge in [0.25, 0.3) is 0 Å². The molecule has 0 saturated carbocycles. The van der Waals surface area contributed by atoms with Crippen molar-refractivity contribution >= 4 is 34.6 Å². The highest BCUT2D eigenvalue weighted by Gasteiger charge is 2.20. The average molecular weight is 323 g/mol. The largest absolute Gasteiger partial charge is 0.481 e. The van der Waals surface area contributed by atoms with Crippen LogP contribution in [0.2, 0.25) is 0 Å². The molecule has 0 radical (unpaired) electrons. The standard InChI is InChI=1S/C15H17NO3S2/c17-14(16-6-5-12-3-1-7-20-12)9-11(10-15(18)19)13-4-2-8-21-13/h1-4,7-8,11H,5-6,9-10H2,(H,16,17)(H,18,19). The van der Waals surface area contributed by atoms with Crippen LogP contribution in [0.3, 0.4) is 0 Å². The molecule has 0 saturated heterocycles. The van der Waals surface area contributed by atoms with Gasteiger partial charge >= 0.3 is 5.97 Å². The number of hydrogen-bond acceptors (Lipinski definition) is 4. The van der Waals surface area contributed by atoms with Crippen molar-refractivity contribution in [1.82, 2.24) is 5.32 Å². The average Bonchev–Trinajstić information content (AvgIpc) is 3.10. The summed E-state index contributed by atoms with van der Waals surface area (Å²) < 4.78 is 0. The third-order valence-electron chi connectivity index (χ3n) is 3.07. The van der Waals surface area contributed by atoms with Crippen molar-refractivity contribution in [3.8, 4) is 0 Å². The predicted molar refractivity (Wildman–Crippen MR) is 85.0 cm³/mol. The second-order valence-corrected chi connectivity index (χ2v) is 6.71. The van der Waals surface area contributed by atoms with E-state index in [4.69, 9.17) is 5.11 Å². The molecule has 1 unspecified atom stereocenters. The molecule has 0 aromatic carbocycles. The van der Waals surface area contributed by atoms with Gasteiger partial charge in [-0.3, -0.25) is 9.59 Å². The van der Waals surface area contributed by atoms with Crippen LogP contribution in [0.25, 0.3) is 0 Å². The van der Waals surface area contributed by atoms with Gasteiger partial charge in [-0.15, -0.1) is 22.7 Å². The first-order valence-electron chi connectivity index (χ1n) is 6.69. The quantitative estimate of drug-likeness (QED) is 0.784. The molecule has 1 amide bonds. The number of carbonyl (C=O) groups is 2. The van der Waals surface area contributed by atoms with Crippen LogP contribution in [0.5, 0.6) is 0 Å². The normalized spacial score (nSPS) is 12.0. The van der Waals surface area contributed by atoms with Gasteiger partial charge in [0.15, 0.2) is 0 Å². The summed E-state index contributed by atoms with van der Waals surface area (Å²) in [5.74, 6) is -1.21. The molecule has 0 aliphatic rings. The van der Waals surface area contributed by atoms with Gasteiger partial charge < -0.3 is 10.4 Å². The van der Waals surface area contributed by atoms with Crippen LogP contribution in [0.1, 0.15) is 28.5 Å². The first-order valence-corrected chi connectivity index (χ1v) is 8.45. The molecule has 0 fully saturated rings. The van der Waals surface area contributed by atoms with Crippen LogP contribution >= 0.6 is 22.7 Å². The van der Waals surface area contributed by atoms with E-state index in [9.17, 15) is 9.59 Å². The zero-order chi connectivity index (χ0) is 15.1. The Kier molecular flexibility index (Phi) is 5.95. The fourth-order valence-electron chi connectivity index (χ4n) is 2.08. The van der Waals surface area contributed by atoms with Crippen molar-refractivity contribution in [3.63, 3.8) is 0 Å². The molecular weight excluding hydrogens is 306 g/mol. The van der Waals surface area contributed by atoms with E-state index < -0.39 is 5.97 Å². The summed E-state index contributed by atoms with van der Waals surface area (Å²) in [5.41, 5.74) is 0. The lowest BCUT2D eigenvalue weighted by Gasteiger charge is -2.13. The van der Waals surface area contributed by atoms with Crippen LogP contribution in [-0.4, -0.2) is 23.5 Å². The summed E-state index contributed by atoms with van der Waals surface area (Å²) in [6, 6.07) is 7.79. The van der Waals surface area contributed by atoms with Gasteiger partial charge in [-0.1, -0.05) is 12.1 Å². The highest BCUT2D eigenvalue weighted by Crippen LogP contribution is 2.27. The Bertz CT molecular complexity index is 564. The van der Waals surface area contributed by atoms with E-state index in [2.05, 4.69) is 5.32 Å². The van der Waals surface area contributed by atoms with E-state index in [0.717, 1.165) is 11.3 Å². The third kappa shape index (κ3) is 5.32. The minimum atomic E-state index is -0.875. The van der Waals surface area contributed by atoms with Crippen LogP contribution in [-0.2, 0) is 16.0 Å². The van der Waals surface area contributed by atoms with Crippen LogP contribution in [0.4, 0.5) is 0 Å². The highest BCUT2D eigenvalue weighted by atomic mass is 32.1. The van der Waals surface area contributed by atoms with Crippen molar-refractivity contribution < 1.29 is 14.7 Å². The van der Waals surface area contributed by atoms with Crippen LogP contribution in [0.15, 0.2) is 35.0 Å². The Morgan fingerprint density at radius 2 is 1.90 bits per heavy atom. The first-order chi connectivity index (χ1) is 10.1. The number of amides is 1. The number of rotatable bonds is 8. The molecule has 0 aliphatic carbocycles. The monoisotopic (exact) mass is 323 g/mol. The summed E-state index contributed by atoms with van der Waals surface area (Å²) in [5, 5.41) is 15.7. The van der Waals surface area contributed by atoms with Crippen molar-refractivity contribution in [2.75, 3.05) is 6.54 Å². The molecule has 112 valence electrons. The molecule has 2 aromatic rings. The number of carbonyl (C=O) groups excluding carboxylic acids is 1. The van der Waals surface area contributed by atoms with Gasteiger partial charge in [-0.2, -0.15) is 0 Å². The number of aliphatic carboxylic acids is 1. The molecule has 0 spiro atoms. The molecule has 2 rings (SSSR count). The smallest absolute Gasteiger partial charge is 0.304 e. The Labute approximate surface area is 131 Å². The van der Waals surface area contributed by atoms with Gasteiger partial charge in [-0.05, 0) is 29.3 Å². The van der Waals surface area contributed by atoms with Crippen molar-refractivity contribution in [3.05, 3.63) is 44.8 Å². The van der Waals surface area contributed by atoms with Crippen molar-refractivity contribution in [2.24, 2.45) is 0 Å². The second-order valence-electron chi connectivity index (χ2n) is 4.69. The van der Waals surface area contributed by atoms with Gasteiger partial charge in [-0.25, -0.2) is 0 Å². The summed E-state index contributed by atoms with van der Waals surface area (Å²) in [6.07, 6.45) is 1.02. The number of thiophene rings is 2. The maximum atomic E-state index is 12.0. The molecule has 0 bridgehead atoms. The molecule has 2 heterocycles. The summed E-state index contributed by atoms with van der Waals surface area (Å²) in [6.45, 7) is 0.587. The first kappa shape index (κ1) is 15.7. The Balaban J connectivity index is 1.81. The van der Waals surface area contributed by atoms with Crippen LogP contribution in [0, 0.1) is 0 Å². The summed E-state index contributed by atoms with van der Waals surface area (Å²) in [7, 11) is 0. The molecule has 21 heavy (non-hydrogen) atoms. The maximum absolute atomic E-state index is 12.0. The lowest BCUT2D eigenvalue weighted by molar-refractivity contribution is -0.137. The zero-order valence-electron chi connectivity index (χ0n) is 11.5. The molecule has 6 heteroatoms. The Hall–Kier alpha value is -1.66. The SMILES string of the molecule is O=C(O)CC(CC(=O)NCCc1cccs1)c1cccs1. The molecule has 2 aromatic heterocycles. The number of hydrogen-bond donors (Lipinski definition) is 2. The zero-order valence-corrected chi connectivity index (χ0v) is 13.1.